The molecule has 0 spiro atoms. The Labute approximate surface area is 166 Å². The van der Waals surface area contributed by atoms with Crippen LogP contribution in [0.3, 0.4) is 0 Å². The van der Waals surface area contributed by atoms with Gasteiger partial charge in [0.1, 0.15) is 5.75 Å². The van der Waals surface area contributed by atoms with Crippen molar-refractivity contribution in [2.45, 2.75) is 38.0 Å². The predicted octanol–water partition coefficient (Wildman–Crippen LogP) is 1.45. The first kappa shape index (κ1) is 20.4. The Balaban J connectivity index is 1.49. The summed E-state index contributed by atoms with van der Waals surface area (Å²) in [6.45, 7) is 4.03. The fraction of sp³-hybridized carbons (Fsp3) is 0.600. The quantitative estimate of drug-likeness (QED) is 0.795. The van der Waals surface area contributed by atoms with Gasteiger partial charge in [0, 0.05) is 45.0 Å². The second-order valence-corrected chi connectivity index (χ2v) is 7.77. The normalized spacial score (nSPS) is 24.4. The van der Waals surface area contributed by atoms with E-state index in [4.69, 9.17) is 9.47 Å². The first-order valence-corrected chi connectivity index (χ1v) is 9.63. The van der Waals surface area contributed by atoms with Crippen LogP contribution in [0.25, 0.3) is 0 Å². The van der Waals surface area contributed by atoms with Crippen molar-refractivity contribution < 1.29 is 19.1 Å². The first-order valence-electron chi connectivity index (χ1n) is 9.63. The van der Waals surface area contributed by atoms with Gasteiger partial charge in [-0.15, -0.1) is 0 Å². The van der Waals surface area contributed by atoms with E-state index in [2.05, 4.69) is 15.5 Å². The number of hydrogen-bond acceptors (Lipinski definition) is 5. The fourth-order valence-electron chi connectivity index (χ4n) is 3.80. The van der Waals surface area contributed by atoms with E-state index in [1.165, 1.54) is 0 Å². The summed E-state index contributed by atoms with van der Waals surface area (Å²) in [7, 11) is 5.13. The number of ether oxygens (including phenoxy) is 2. The van der Waals surface area contributed by atoms with E-state index in [1.807, 2.05) is 25.1 Å². The molecule has 0 aromatic heterocycles. The Hall–Kier alpha value is -2.32. The van der Waals surface area contributed by atoms with Gasteiger partial charge < -0.3 is 25.0 Å². The average molecular weight is 390 g/mol. The largest absolute Gasteiger partial charge is 0.497 e. The van der Waals surface area contributed by atoms with Crippen LogP contribution in [-0.2, 0) is 9.53 Å². The highest BCUT2D eigenvalue weighted by molar-refractivity contribution is 5.90. The number of nitrogens with one attached hydrogen (secondary N) is 2. The van der Waals surface area contributed by atoms with Gasteiger partial charge in [-0.3, -0.25) is 9.69 Å². The number of morpholine rings is 1. The fourth-order valence-corrected chi connectivity index (χ4v) is 3.80. The number of amides is 3. The second-order valence-electron chi connectivity index (χ2n) is 7.77. The SMILES string of the molecule is COc1ccc(NC(=O)N[C@H]2C[C@H]3CO[C@@H](CC(=O)N(C)C)CN3C2)c(C)c1. The third-order valence-electron chi connectivity index (χ3n) is 5.41. The topological polar surface area (TPSA) is 83.1 Å². The molecule has 0 bridgehead atoms. The van der Waals surface area contributed by atoms with Gasteiger partial charge >= 0.3 is 6.03 Å². The molecule has 2 N–H and O–H groups in total. The van der Waals surface area contributed by atoms with E-state index in [1.54, 1.807) is 26.1 Å². The number of anilines is 1. The van der Waals surface area contributed by atoms with E-state index in [0.29, 0.717) is 19.1 Å². The molecular weight excluding hydrogens is 360 g/mol. The maximum absolute atomic E-state index is 12.4. The zero-order chi connectivity index (χ0) is 20.3. The van der Waals surface area contributed by atoms with Crippen molar-refractivity contribution in [1.82, 2.24) is 15.1 Å². The number of benzene rings is 1. The summed E-state index contributed by atoms with van der Waals surface area (Å²) in [6, 6.07) is 5.70. The van der Waals surface area contributed by atoms with Crippen LogP contribution in [0.5, 0.6) is 5.75 Å². The third kappa shape index (κ3) is 4.94. The summed E-state index contributed by atoms with van der Waals surface area (Å²) in [5, 5.41) is 5.97. The molecule has 0 saturated carbocycles. The van der Waals surface area contributed by atoms with Crippen molar-refractivity contribution in [3.63, 3.8) is 0 Å². The van der Waals surface area contributed by atoms with Gasteiger partial charge in [-0.2, -0.15) is 0 Å². The number of aryl methyl sites for hydroxylation is 1. The lowest BCUT2D eigenvalue weighted by Crippen LogP contribution is -2.47. The van der Waals surface area contributed by atoms with E-state index < -0.39 is 0 Å². The lowest BCUT2D eigenvalue weighted by Gasteiger charge is -2.35. The maximum atomic E-state index is 12.4. The van der Waals surface area contributed by atoms with Gasteiger partial charge in [-0.1, -0.05) is 0 Å². The van der Waals surface area contributed by atoms with E-state index in [9.17, 15) is 9.59 Å². The first-order chi connectivity index (χ1) is 13.4. The minimum Gasteiger partial charge on any atom is -0.497 e. The molecule has 2 saturated heterocycles. The highest BCUT2D eigenvalue weighted by Gasteiger charge is 2.38. The molecule has 2 fully saturated rings. The van der Waals surface area contributed by atoms with Crippen molar-refractivity contribution in [1.29, 1.82) is 0 Å². The minimum absolute atomic E-state index is 0.0652. The van der Waals surface area contributed by atoms with Crippen LogP contribution in [0.2, 0.25) is 0 Å². The Bertz CT molecular complexity index is 724. The molecule has 8 nitrogen and oxygen atoms in total. The molecule has 1 aromatic rings. The average Bonchev–Trinajstić information content (AvgIpc) is 3.04. The highest BCUT2D eigenvalue weighted by atomic mass is 16.5. The van der Waals surface area contributed by atoms with Gasteiger partial charge in [-0.05, 0) is 37.1 Å². The maximum Gasteiger partial charge on any atom is 0.319 e. The Morgan fingerprint density at radius 1 is 1.32 bits per heavy atom. The van der Waals surface area contributed by atoms with Crippen LogP contribution in [0.1, 0.15) is 18.4 Å². The zero-order valence-electron chi connectivity index (χ0n) is 17.0. The van der Waals surface area contributed by atoms with Crippen LogP contribution in [0, 0.1) is 6.92 Å². The molecule has 8 heteroatoms. The standard InChI is InChI=1S/C20H30N4O4/c1-13-7-16(27-4)5-6-18(13)22-20(26)21-14-8-15-12-28-17(11-24(15)10-14)9-19(25)23(2)3/h5-7,14-15,17H,8-12H2,1-4H3,(H2,21,22,26)/t14-,15-,17-/m0/s1. The number of urea groups is 1. The number of rotatable bonds is 5. The molecule has 154 valence electrons. The molecule has 2 aliphatic heterocycles. The molecule has 2 heterocycles. The van der Waals surface area contributed by atoms with Crippen LogP contribution in [-0.4, -0.2) is 80.8 Å². The summed E-state index contributed by atoms with van der Waals surface area (Å²) >= 11 is 0. The molecule has 3 atom stereocenters. The third-order valence-corrected chi connectivity index (χ3v) is 5.41. The number of carbonyl (C=O) groups excluding carboxylic acids is 2. The van der Waals surface area contributed by atoms with Crippen molar-refractivity contribution >= 4 is 17.6 Å². The molecule has 0 radical (unpaired) electrons. The van der Waals surface area contributed by atoms with Crippen molar-refractivity contribution in [3.05, 3.63) is 23.8 Å². The highest BCUT2D eigenvalue weighted by Crippen LogP contribution is 2.25. The lowest BCUT2D eigenvalue weighted by molar-refractivity contribution is -0.134. The predicted molar refractivity (Wildman–Crippen MR) is 107 cm³/mol. The van der Waals surface area contributed by atoms with Crippen LogP contribution < -0.4 is 15.4 Å². The van der Waals surface area contributed by atoms with Crippen LogP contribution in [0.15, 0.2) is 18.2 Å². The molecule has 0 unspecified atom stereocenters. The molecule has 0 aliphatic carbocycles. The number of carbonyl (C=O) groups is 2. The molecule has 1 aromatic carbocycles. The van der Waals surface area contributed by atoms with Gasteiger partial charge in [-0.25, -0.2) is 4.79 Å². The summed E-state index contributed by atoms with van der Waals surface area (Å²) in [6.07, 6.45) is 1.16. The zero-order valence-corrected chi connectivity index (χ0v) is 17.0. The number of fused-ring (bicyclic) bond motifs is 1. The molecule has 2 aliphatic rings. The van der Waals surface area contributed by atoms with E-state index in [0.717, 1.165) is 36.5 Å². The van der Waals surface area contributed by atoms with Gasteiger partial charge in [0.25, 0.3) is 0 Å². The van der Waals surface area contributed by atoms with E-state index >= 15 is 0 Å². The summed E-state index contributed by atoms with van der Waals surface area (Å²) in [4.78, 5) is 28.2. The number of nitrogens with zero attached hydrogens (tertiary/aromatic N) is 2. The molecule has 28 heavy (non-hydrogen) atoms. The Morgan fingerprint density at radius 2 is 2.11 bits per heavy atom. The van der Waals surface area contributed by atoms with E-state index in [-0.39, 0.29) is 24.1 Å². The minimum atomic E-state index is -0.210. The summed E-state index contributed by atoms with van der Waals surface area (Å²) < 4.78 is 11.1. The Kier molecular flexibility index (Phi) is 6.41. The van der Waals surface area contributed by atoms with Crippen LogP contribution in [0.4, 0.5) is 10.5 Å². The smallest absolute Gasteiger partial charge is 0.319 e. The monoisotopic (exact) mass is 390 g/mol. The van der Waals surface area contributed by atoms with Gasteiger partial charge in [0.05, 0.1) is 26.2 Å². The van der Waals surface area contributed by atoms with Crippen LogP contribution >= 0.6 is 0 Å². The molecular formula is C20H30N4O4. The second kappa shape index (κ2) is 8.79. The van der Waals surface area contributed by atoms with Crippen molar-refractivity contribution in [2.24, 2.45) is 0 Å². The lowest BCUT2D eigenvalue weighted by atomic mass is 10.1. The Morgan fingerprint density at radius 3 is 2.79 bits per heavy atom. The van der Waals surface area contributed by atoms with Gasteiger partial charge in [0.15, 0.2) is 0 Å². The van der Waals surface area contributed by atoms with Crippen molar-refractivity contribution in [2.75, 3.05) is 46.2 Å². The number of methoxy groups -OCH3 is 1. The summed E-state index contributed by atoms with van der Waals surface area (Å²) in [5.41, 5.74) is 1.71. The number of hydrogen-bond donors (Lipinski definition) is 2. The summed E-state index contributed by atoms with van der Waals surface area (Å²) in [5.74, 6) is 0.838. The van der Waals surface area contributed by atoms with Gasteiger partial charge in [0.2, 0.25) is 5.91 Å². The molecule has 3 rings (SSSR count). The van der Waals surface area contributed by atoms with Crippen molar-refractivity contribution in [3.8, 4) is 5.75 Å². The molecule has 3 amide bonds.